The van der Waals surface area contributed by atoms with Gasteiger partial charge in [0.25, 0.3) is 0 Å². The van der Waals surface area contributed by atoms with Crippen LogP contribution in [0.25, 0.3) is 0 Å². The summed E-state index contributed by atoms with van der Waals surface area (Å²) in [5.41, 5.74) is 0. The first kappa shape index (κ1) is 58.4. The molecule has 0 N–H and O–H groups in total. The molecule has 0 aromatic carbocycles. The highest BCUT2D eigenvalue weighted by Crippen LogP contribution is 2.16. The van der Waals surface area contributed by atoms with Gasteiger partial charge in [0.2, 0.25) is 0 Å². The molecule has 0 fully saturated rings. The molecule has 0 spiro atoms. The van der Waals surface area contributed by atoms with E-state index in [4.69, 9.17) is 14.2 Å². The summed E-state index contributed by atoms with van der Waals surface area (Å²) >= 11 is 0. The third kappa shape index (κ3) is 48.3. The Balaban J connectivity index is 4.11. The van der Waals surface area contributed by atoms with Crippen LogP contribution in [0.5, 0.6) is 0 Å². The Hall–Kier alpha value is -2.63. The monoisotopic (exact) mass is 855 g/mol. The van der Waals surface area contributed by atoms with Gasteiger partial charge in [0.15, 0.2) is 6.10 Å². The molecule has 1 atom stereocenters. The number of hydrogen-bond acceptors (Lipinski definition) is 6. The van der Waals surface area contributed by atoms with Crippen LogP contribution in [0.2, 0.25) is 0 Å². The Bertz CT molecular complexity index is 1070. The quantitative estimate of drug-likeness (QED) is 0.0263. The molecule has 0 aliphatic heterocycles. The van der Waals surface area contributed by atoms with Gasteiger partial charge in [0.05, 0.1) is 0 Å². The molecule has 0 amide bonds. The van der Waals surface area contributed by atoms with Gasteiger partial charge in [-0.2, -0.15) is 0 Å². The molecule has 354 valence electrons. The highest BCUT2D eigenvalue weighted by Gasteiger charge is 2.19. The number of ether oxygens (including phenoxy) is 3. The molecule has 0 saturated heterocycles. The first-order valence-electron chi connectivity index (χ1n) is 26.1. The lowest BCUT2D eigenvalue weighted by Gasteiger charge is -2.18. The molecular weight excluding hydrogens is 757 g/mol. The van der Waals surface area contributed by atoms with Crippen LogP contribution < -0.4 is 0 Å². The van der Waals surface area contributed by atoms with Crippen molar-refractivity contribution >= 4 is 17.9 Å². The van der Waals surface area contributed by atoms with Crippen LogP contribution in [-0.2, 0) is 28.6 Å². The third-order valence-corrected chi connectivity index (χ3v) is 11.3. The lowest BCUT2D eigenvalue weighted by molar-refractivity contribution is -0.167. The van der Waals surface area contributed by atoms with Crippen molar-refractivity contribution in [3.8, 4) is 0 Å². The summed E-state index contributed by atoms with van der Waals surface area (Å²) in [5.74, 6) is -0.870. The number of esters is 3. The molecular formula is C55H98O6. The van der Waals surface area contributed by atoms with Crippen LogP contribution in [0.15, 0.2) is 48.6 Å². The minimum absolute atomic E-state index is 0.0697. The number of hydrogen-bond donors (Lipinski definition) is 0. The maximum atomic E-state index is 12.7. The van der Waals surface area contributed by atoms with E-state index in [-0.39, 0.29) is 31.1 Å². The van der Waals surface area contributed by atoms with E-state index in [0.717, 1.165) is 83.5 Å². The fraction of sp³-hybridized carbons (Fsp3) is 0.800. The average molecular weight is 855 g/mol. The number of unbranched alkanes of at least 4 members (excludes halogenated alkanes) is 28. The molecule has 0 bridgehead atoms. The van der Waals surface area contributed by atoms with E-state index in [1.807, 2.05) is 0 Å². The summed E-state index contributed by atoms with van der Waals surface area (Å²) in [6.07, 6.45) is 59.7. The molecule has 0 aliphatic carbocycles. The first-order chi connectivity index (χ1) is 30.0. The fourth-order valence-electron chi connectivity index (χ4n) is 7.43. The average Bonchev–Trinajstić information content (AvgIpc) is 3.26. The Morgan fingerprint density at radius 3 is 1.00 bits per heavy atom. The van der Waals surface area contributed by atoms with Crippen LogP contribution in [0.4, 0.5) is 0 Å². The van der Waals surface area contributed by atoms with E-state index in [9.17, 15) is 14.4 Å². The summed E-state index contributed by atoms with van der Waals surface area (Å²) < 4.78 is 16.7. The molecule has 0 aliphatic rings. The van der Waals surface area contributed by atoms with E-state index >= 15 is 0 Å². The number of allylic oxidation sites excluding steroid dienone is 8. The zero-order valence-electron chi connectivity index (χ0n) is 40.4. The topological polar surface area (TPSA) is 78.9 Å². The second-order valence-electron chi connectivity index (χ2n) is 17.4. The fourth-order valence-corrected chi connectivity index (χ4v) is 7.43. The normalized spacial score (nSPS) is 12.4. The van der Waals surface area contributed by atoms with Crippen molar-refractivity contribution in [2.45, 2.75) is 271 Å². The van der Waals surface area contributed by atoms with Crippen LogP contribution >= 0.6 is 0 Å². The van der Waals surface area contributed by atoms with E-state index in [1.165, 1.54) is 141 Å². The van der Waals surface area contributed by atoms with Gasteiger partial charge in [0, 0.05) is 19.3 Å². The number of rotatable bonds is 47. The van der Waals surface area contributed by atoms with Gasteiger partial charge in [0.1, 0.15) is 13.2 Å². The van der Waals surface area contributed by atoms with E-state index in [1.54, 1.807) is 0 Å². The molecule has 0 aromatic rings. The second kappa shape index (κ2) is 50.0. The molecule has 6 heteroatoms. The van der Waals surface area contributed by atoms with Gasteiger partial charge >= 0.3 is 17.9 Å². The van der Waals surface area contributed by atoms with Crippen molar-refractivity contribution in [2.75, 3.05) is 13.2 Å². The zero-order chi connectivity index (χ0) is 44.4. The summed E-state index contributed by atoms with van der Waals surface area (Å²) in [6, 6.07) is 0. The number of carbonyl (C=O) groups excluding carboxylic acids is 3. The molecule has 6 nitrogen and oxygen atoms in total. The van der Waals surface area contributed by atoms with Gasteiger partial charge in [-0.15, -0.1) is 0 Å². The maximum Gasteiger partial charge on any atom is 0.306 e. The van der Waals surface area contributed by atoms with Crippen LogP contribution in [-0.4, -0.2) is 37.2 Å². The van der Waals surface area contributed by atoms with Crippen molar-refractivity contribution in [1.29, 1.82) is 0 Å². The minimum atomic E-state index is -0.766. The lowest BCUT2D eigenvalue weighted by atomic mass is 10.0. The van der Waals surface area contributed by atoms with Crippen LogP contribution in [0, 0.1) is 0 Å². The molecule has 61 heavy (non-hydrogen) atoms. The van der Waals surface area contributed by atoms with Crippen molar-refractivity contribution < 1.29 is 28.6 Å². The smallest absolute Gasteiger partial charge is 0.306 e. The van der Waals surface area contributed by atoms with Gasteiger partial charge in [-0.1, -0.05) is 236 Å². The minimum Gasteiger partial charge on any atom is -0.462 e. The van der Waals surface area contributed by atoms with Gasteiger partial charge in [-0.05, 0) is 57.8 Å². The summed E-state index contributed by atoms with van der Waals surface area (Å²) in [4.78, 5) is 37.8. The lowest BCUT2D eigenvalue weighted by Crippen LogP contribution is -2.30. The molecule has 0 saturated carbocycles. The zero-order valence-corrected chi connectivity index (χ0v) is 40.4. The predicted octanol–water partition coefficient (Wildman–Crippen LogP) is 17.1. The maximum absolute atomic E-state index is 12.7. The van der Waals surface area contributed by atoms with E-state index < -0.39 is 6.10 Å². The SMILES string of the molecule is CC/C=C\C/C=C\C/C=C\C/C=C\CCCCCCCCCCCCCCC(=O)OCC(COC(=O)CCCCCCCCCCC)OC(=O)CCCCCCCCCCC. The van der Waals surface area contributed by atoms with Crippen LogP contribution in [0.3, 0.4) is 0 Å². The highest BCUT2D eigenvalue weighted by molar-refractivity contribution is 5.71. The van der Waals surface area contributed by atoms with Gasteiger partial charge < -0.3 is 14.2 Å². The predicted molar refractivity (Wildman–Crippen MR) is 261 cm³/mol. The Kier molecular flexibility index (Phi) is 47.9. The third-order valence-electron chi connectivity index (χ3n) is 11.3. The standard InChI is InChI=1S/C55H98O6/c1-4-7-10-13-16-19-20-21-22-23-24-25-26-27-28-29-30-31-32-33-34-37-39-42-45-48-54(57)60-51-52(61-55(58)49-46-43-40-36-18-15-12-9-6-3)50-59-53(56)47-44-41-38-35-17-14-11-8-5-2/h7,10,16,19,21-22,24-25,52H,4-6,8-9,11-15,17-18,20,23,26-51H2,1-3H3/b10-7-,19-16-,22-21-,25-24-. The van der Waals surface area contributed by atoms with Crippen molar-refractivity contribution in [3.63, 3.8) is 0 Å². The van der Waals surface area contributed by atoms with E-state index in [0.29, 0.717) is 19.3 Å². The molecule has 1 unspecified atom stereocenters. The van der Waals surface area contributed by atoms with Gasteiger partial charge in [-0.25, -0.2) is 0 Å². The van der Waals surface area contributed by atoms with Crippen molar-refractivity contribution in [2.24, 2.45) is 0 Å². The molecule has 0 heterocycles. The Morgan fingerprint density at radius 2 is 0.639 bits per heavy atom. The van der Waals surface area contributed by atoms with Crippen LogP contribution in [0.1, 0.15) is 265 Å². The van der Waals surface area contributed by atoms with E-state index in [2.05, 4.69) is 69.4 Å². The summed E-state index contributed by atoms with van der Waals surface area (Å²) in [6.45, 7) is 6.50. The largest absolute Gasteiger partial charge is 0.462 e. The van der Waals surface area contributed by atoms with Gasteiger partial charge in [-0.3, -0.25) is 14.4 Å². The van der Waals surface area contributed by atoms with Crippen molar-refractivity contribution in [3.05, 3.63) is 48.6 Å². The molecule has 0 radical (unpaired) electrons. The number of carbonyl (C=O) groups is 3. The molecule has 0 rings (SSSR count). The summed E-state index contributed by atoms with van der Waals surface area (Å²) in [7, 11) is 0. The highest BCUT2D eigenvalue weighted by atomic mass is 16.6. The van der Waals surface area contributed by atoms with Crippen molar-refractivity contribution in [1.82, 2.24) is 0 Å². The molecule has 0 aromatic heterocycles. The first-order valence-corrected chi connectivity index (χ1v) is 26.1. The summed E-state index contributed by atoms with van der Waals surface area (Å²) in [5, 5.41) is 0. The second-order valence-corrected chi connectivity index (χ2v) is 17.4. The Morgan fingerprint density at radius 1 is 0.344 bits per heavy atom. The Labute approximate surface area is 378 Å².